The average Bonchev–Trinajstić information content (AvgIpc) is 2.88. The highest BCUT2D eigenvalue weighted by Crippen LogP contribution is 2.66. The summed E-state index contributed by atoms with van der Waals surface area (Å²) < 4.78 is 5.75. The fourth-order valence-corrected chi connectivity index (χ4v) is 5.87. The number of nitrogens with zero attached hydrogens (tertiary/aromatic N) is 3. The Hall–Kier alpha value is -1.14. The maximum atomic E-state index is 13.7. The summed E-state index contributed by atoms with van der Waals surface area (Å²) in [6, 6.07) is 0. The molecule has 4 rings (SSSR count). The highest BCUT2D eigenvalue weighted by molar-refractivity contribution is 6.06. The first-order valence-electron chi connectivity index (χ1n) is 10.0. The topological polar surface area (TPSA) is 53.1 Å². The lowest BCUT2D eigenvalue weighted by Crippen LogP contribution is -2.67. The van der Waals surface area contributed by atoms with Crippen LogP contribution in [0.25, 0.3) is 0 Å². The SMILES string of the molecule is CN1CCC2(CC1)CN(C(=O)[C@@]13CC[C@@](C)(OC1=O)C3(C)C)CCN2C. The first-order chi connectivity index (χ1) is 12.1. The van der Waals surface area contributed by atoms with Gasteiger partial charge < -0.3 is 14.5 Å². The smallest absolute Gasteiger partial charge is 0.322 e. The van der Waals surface area contributed by atoms with E-state index in [-0.39, 0.29) is 17.4 Å². The standard InChI is InChI=1S/C20H33N3O3/c1-17(2)18(3)6-7-20(17,16(25)26-18)15(24)23-13-12-22(5)19(14-23)8-10-21(4)11-9-19/h6-14H2,1-5H3/t18-,20+/m1/s1. The lowest BCUT2D eigenvalue weighted by molar-refractivity contribution is -0.167. The molecule has 0 aromatic carbocycles. The third-order valence-electron chi connectivity index (χ3n) is 8.60. The Kier molecular flexibility index (Phi) is 3.82. The third kappa shape index (κ3) is 2.06. The minimum atomic E-state index is -0.996. The summed E-state index contributed by atoms with van der Waals surface area (Å²) in [6.07, 6.45) is 3.54. The van der Waals surface area contributed by atoms with Gasteiger partial charge >= 0.3 is 5.97 Å². The van der Waals surface area contributed by atoms with Gasteiger partial charge in [0.2, 0.25) is 5.91 Å². The number of piperazine rings is 1. The van der Waals surface area contributed by atoms with E-state index in [1.807, 2.05) is 25.7 Å². The van der Waals surface area contributed by atoms with E-state index in [0.29, 0.717) is 13.0 Å². The van der Waals surface area contributed by atoms with Crippen LogP contribution in [0.2, 0.25) is 0 Å². The lowest BCUT2D eigenvalue weighted by atomic mass is 9.64. The fraction of sp³-hybridized carbons (Fsp3) is 0.900. The van der Waals surface area contributed by atoms with Crippen molar-refractivity contribution in [2.45, 2.75) is 57.6 Å². The van der Waals surface area contributed by atoms with E-state index in [0.717, 1.165) is 45.4 Å². The van der Waals surface area contributed by atoms with E-state index in [4.69, 9.17) is 4.74 Å². The van der Waals surface area contributed by atoms with Crippen LogP contribution < -0.4 is 0 Å². The summed E-state index contributed by atoms with van der Waals surface area (Å²) in [4.78, 5) is 33.4. The quantitative estimate of drug-likeness (QED) is 0.520. The maximum Gasteiger partial charge on any atom is 0.322 e. The van der Waals surface area contributed by atoms with Gasteiger partial charge in [0, 0.05) is 30.6 Å². The summed E-state index contributed by atoms with van der Waals surface area (Å²) in [7, 11) is 4.35. The second-order valence-electron chi connectivity index (χ2n) is 9.83. The number of hydrogen-bond acceptors (Lipinski definition) is 5. The first kappa shape index (κ1) is 18.2. The molecule has 1 saturated carbocycles. The number of amides is 1. The molecule has 0 radical (unpaired) electrons. The van der Waals surface area contributed by atoms with E-state index in [1.165, 1.54) is 0 Å². The Morgan fingerprint density at radius 3 is 2.15 bits per heavy atom. The van der Waals surface area contributed by atoms with Gasteiger partial charge in [0.25, 0.3) is 0 Å². The van der Waals surface area contributed by atoms with E-state index >= 15 is 0 Å². The zero-order valence-electron chi connectivity index (χ0n) is 16.9. The number of carbonyl (C=O) groups excluding carboxylic acids is 2. The largest absolute Gasteiger partial charge is 0.458 e. The fourth-order valence-electron chi connectivity index (χ4n) is 5.87. The number of likely N-dealkylation sites (tertiary alicyclic amines) is 1. The van der Waals surface area contributed by atoms with Crippen molar-refractivity contribution in [1.29, 1.82) is 0 Å². The molecule has 2 atom stereocenters. The monoisotopic (exact) mass is 363 g/mol. The maximum absolute atomic E-state index is 13.7. The molecule has 1 aliphatic carbocycles. The van der Waals surface area contributed by atoms with E-state index in [9.17, 15) is 9.59 Å². The van der Waals surface area contributed by atoms with Gasteiger partial charge in [-0.3, -0.25) is 14.5 Å². The van der Waals surface area contributed by atoms with Crippen LogP contribution in [0.5, 0.6) is 0 Å². The van der Waals surface area contributed by atoms with Gasteiger partial charge in [-0.15, -0.1) is 0 Å². The highest BCUT2D eigenvalue weighted by Gasteiger charge is 2.76. The minimum absolute atomic E-state index is 0.0140. The van der Waals surface area contributed by atoms with E-state index in [1.54, 1.807) is 0 Å². The molecular weight excluding hydrogens is 330 g/mol. The number of rotatable bonds is 1. The van der Waals surface area contributed by atoms with Crippen molar-refractivity contribution in [1.82, 2.24) is 14.7 Å². The molecule has 4 fully saturated rings. The Morgan fingerprint density at radius 2 is 1.62 bits per heavy atom. The molecule has 4 aliphatic rings. The van der Waals surface area contributed by atoms with Crippen molar-refractivity contribution < 1.29 is 14.3 Å². The third-order valence-corrected chi connectivity index (χ3v) is 8.60. The van der Waals surface area contributed by atoms with Crippen molar-refractivity contribution in [3.05, 3.63) is 0 Å². The number of fused-ring (bicyclic) bond motifs is 2. The van der Waals surface area contributed by atoms with Crippen LogP contribution in [0, 0.1) is 10.8 Å². The molecule has 3 saturated heterocycles. The zero-order valence-corrected chi connectivity index (χ0v) is 16.9. The molecule has 6 heteroatoms. The van der Waals surface area contributed by atoms with Gasteiger partial charge in [0.1, 0.15) is 5.60 Å². The molecule has 1 spiro atoms. The van der Waals surface area contributed by atoms with Gasteiger partial charge in [-0.05, 0) is 59.8 Å². The molecule has 3 heterocycles. The van der Waals surface area contributed by atoms with Gasteiger partial charge in [-0.2, -0.15) is 0 Å². The van der Waals surface area contributed by atoms with Crippen molar-refractivity contribution in [3.8, 4) is 0 Å². The normalized spacial score (nSPS) is 39.4. The molecule has 0 aromatic heterocycles. The number of hydrogen-bond donors (Lipinski definition) is 0. The predicted molar refractivity (Wildman–Crippen MR) is 98.6 cm³/mol. The summed E-state index contributed by atoms with van der Waals surface area (Å²) >= 11 is 0. The number of ether oxygens (including phenoxy) is 1. The Balaban J connectivity index is 1.62. The first-order valence-corrected chi connectivity index (χ1v) is 10.0. The van der Waals surface area contributed by atoms with Crippen LogP contribution in [-0.4, -0.2) is 84.5 Å². The predicted octanol–water partition coefficient (Wildman–Crippen LogP) is 1.35. The minimum Gasteiger partial charge on any atom is -0.458 e. The Bertz CT molecular complexity index is 640. The number of esters is 1. The molecule has 146 valence electrons. The number of likely N-dealkylation sites (N-methyl/N-ethyl adjacent to an activating group) is 1. The van der Waals surface area contributed by atoms with Gasteiger partial charge in [-0.25, -0.2) is 0 Å². The van der Waals surface area contributed by atoms with Crippen molar-refractivity contribution >= 4 is 11.9 Å². The van der Waals surface area contributed by atoms with Crippen LogP contribution in [0.1, 0.15) is 46.5 Å². The molecule has 0 unspecified atom stereocenters. The summed E-state index contributed by atoms with van der Waals surface area (Å²) in [5, 5.41) is 0. The van der Waals surface area contributed by atoms with Gasteiger partial charge in [0.05, 0.1) is 0 Å². The molecule has 1 amide bonds. The Labute approximate surface area is 156 Å². The molecular formula is C20H33N3O3. The second-order valence-corrected chi connectivity index (χ2v) is 9.83. The van der Waals surface area contributed by atoms with Crippen molar-refractivity contribution in [3.63, 3.8) is 0 Å². The van der Waals surface area contributed by atoms with Crippen molar-refractivity contribution in [2.75, 3.05) is 46.8 Å². The summed E-state index contributed by atoms with van der Waals surface area (Å²) in [5.74, 6) is -0.280. The molecule has 2 bridgehead atoms. The van der Waals surface area contributed by atoms with Crippen LogP contribution in [0.4, 0.5) is 0 Å². The average molecular weight is 364 g/mol. The molecule has 3 aliphatic heterocycles. The molecule has 0 N–H and O–H groups in total. The zero-order chi connectivity index (χ0) is 19.0. The molecule has 6 nitrogen and oxygen atoms in total. The van der Waals surface area contributed by atoms with Gasteiger partial charge in [0.15, 0.2) is 5.41 Å². The van der Waals surface area contributed by atoms with Crippen LogP contribution in [0.3, 0.4) is 0 Å². The van der Waals surface area contributed by atoms with Crippen molar-refractivity contribution in [2.24, 2.45) is 10.8 Å². The molecule has 26 heavy (non-hydrogen) atoms. The number of piperidine rings is 1. The summed E-state index contributed by atoms with van der Waals surface area (Å²) in [6.45, 7) is 10.5. The highest BCUT2D eigenvalue weighted by atomic mass is 16.6. The van der Waals surface area contributed by atoms with Crippen LogP contribution in [0.15, 0.2) is 0 Å². The number of carbonyl (C=O) groups is 2. The van der Waals surface area contributed by atoms with Crippen LogP contribution in [-0.2, 0) is 14.3 Å². The van der Waals surface area contributed by atoms with Crippen LogP contribution >= 0.6 is 0 Å². The lowest BCUT2D eigenvalue weighted by Gasteiger charge is -2.53. The second kappa shape index (κ2) is 5.44. The van der Waals surface area contributed by atoms with Gasteiger partial charge in [-0.1, -0.05) is 13.8 Å². The Morgan fingerprint density at radius 1 is 0.962 bits per heavy atom. The van der Waals surface area contributed by atoms with E-state index < -0.39 is 16.4 Å². The molecule has 0 aromatic rings. The summed E-state index contributed by atoms with van der Waals surface area (Å²) in [5.41, 5.74) is -1.93. The van der Waals surface area contributed by atoms with E-state index in [2.05, 4.69) is 23.9 Å².